The second-order valence-corrected chi connectivity index (χ2v) is 10.6. The summed E-state index contributed by atoms with van der Waals surface area (Å²) in [7, 11) is 0. The van der Waals surface area contributed by atoms with Crippen LogP contribution in [-0.2, 0) is 14.3 Å². The minimum absolute atomic E-state index is 0.0524. The number of ketones is 1. The summed E-state index contributed by atoms with van der Waals surface area (Å²) in [5.41, 5.74) is 4.71. The van der Waals surface area contributed by atoms with Crippen LogP contribution in [0.1, 0.15) is 80.1 Å². The van der Waals surface area contributed by atoms with E-state index in [1.807, 2.05) is 0 Å². The summed E-state index contributed by atoms with van der Waals surface area (Å²) < 4.78 is 5.59. The van der Waals surface area contributed by atoms with E-state index in [4.69, 9.17) is 4.74 Å². The van der Waals surface area contributed by atoms with E-state index in [0.717, 1.165) is 32.1 Å². The van der Waals surface area contributed by atoms with Crippen LogP contribution in [-0.4, -0.2) is 17.9 Å². The average Bonchev–Trinajstić information content (AvgIpc) is 2.86. The number of fused-ring (bicyclic) bond motifs is 5. The van der Waals surface area contributed by atoms with Crippen molar-refractivity contribution in [1.29, 1.82) is 0 Å². The normalized spacial score (nSPS) is 44.9. The lowest BCUT2D eigenvalue weighted by molar-refractivity contribution is -0.149. The smallest absolute Gasteiger partial charge is 0.302 e. The van der Waals surface area contributed by atoms with Gasteiger partial charge < -0.3 is 4.74 Å². The van der Waals surface area contributed by atoms with Gasteiger partial charge in [0.25, 0.3) is 0 Å². The molecular weight excluding hydrogens is 348 g/mol. The fourth-order valence-corrected chi connectivity index (χ4v) is 8.04. The average molecular weight is 385 g/mol. The molecule has 0 amide bonds. The van der Waals surface area contributed by atoms with Crippen LogP contribution in [0.25, 0.3) is 0 Å². The van der Waals surface area contributed by atoms with Gasteiger partial charge in [-0.1, -0.05) is 36.6 Å². The number of rotatable bonds is 2. The van der Waals surface area contributed by atoms with Crippen molar-refractivity contribution in [3.8, 4) is 0 Å². The van der Waals surface area contributed by atoms with Gasteiger partial charge in [-0.25, -0.2) is 0 Å². The van der Waals surface area contributed by atoms with Crippen molar-refractivity contribution in [2.24, 2.45) is 34.5 Å². The Hall–Kier alpha value is -1.38. The zero-order chi connectivity index (χ0) is 20.4. The van der Waals surface area contributed by atoms with E-state index < -0.39 is 0 Å². The van der Waals surface area contributed by atoms with Crippen molar-refractivity contribution in [2.75, 3.05) is 0 Å². The van der Waals surface area contributed by atoms with Crippen LogP contribution in [0.5, 0.6) is 0 Å². The summed E-state index contributed by atoms with van der Waals surface area (Å²) in [6.45, 7) is 12.6. The Labute approximate surface area is 170 Å². The van der Waals surface area contributed by atoms with Gasteiger partial charge >= 0.3 is 5.97 Å². The fourth-order valence-electron chi connectivity index (χ4n) is 8.04. The molecule has 0 heterocycles. The summed E-state index contributed by atoms with van der Waals surface area (Å²) in [5, 5.41) is 0. The number of allylic oxidation sites excluding steroid dienone is 3. The first-order chi connectivity index (χ1) is 13.1. The Morgan fingerprint density at radius 1 is 1.07 bits per heavy atom. The molecule has 6 unspecified atom stereocenters. The lowest BCUT2D eigenvalue weighted by Gasteiger charge is -2.58. The lowest BCUT2D eigenvalue weighted by Crippen LogP contribution is -2.52. The van der Waals surface area contributed by atoms with E-state index in [1.54, 1.807) is 12.5 Å². The van der Waals surface area contributed by atoms with Gasteiger partial charge in [-0.05, 0) is 81.5 Å². The second-order valence-electron chi connectivity index (χ2n) is 10.6. The van der Waals surface area contributed by atoms with Crippen molar-refractivity contribution in [3.63, 3.8) is 0 Å². The number of hydrogen-bond acceptors (Lipinski definition) is 3. The predicted molar refractivity (Wildman–Crippen MR) is 111 cm³/mol. The quantitative estimate of drug-likeness (QED) is 0.457. The molecule has 0 aromatic carbocycles. The van der Waals surface area contributed by atoms with E-state index in [1.165, 1.54) is 24.5 Å². The van der Waals surface area contributed by atoms with Crippen molar-refractivity contribution in [1.82, 2.24) is 0 Å². The van der Waals surface area contributed by atoms with Crippen LogP contribution in [0.15, 0.2) is 22.8 Å². The maximum atomic E-state index is 12.5. The summed E-state index contributed by atoms with van der Waals surface area (Å²) in [4.78, 5) is 23.9. The molecule has 4 aliphatic carbocycles. The highest BCUT2D eigenvalue weighted by molar-refractivity contribution is 5.83. The Morgan fingerprint density at radius 3 is 2.43 bits per heavy atom. The van der Waals surface area contributed by atoms with Gasteiger partial charge in [0.1, 0.15) is 11.9 Å². The number of carbonyl (C=O) groups is 2. The first-order valence-corrected chi connectivity index (χ1v) is 11.1. The molecule has 2 fully saturated rings. The fraction of sp³-hybridized carbons (Fsp3) is 0.760. The Morgan fingerprint density at radius 2 is 1.79 bits per heavy atom. The van der Waals surface area contributed by atoms with Gasteiger partial charge in [0.05, 0.1) is 0 Å². The number of Topliss-reactive ketones (excluding diaryl/α,β-unsaturated/α-hetero) is 1. The molecule has 0 N–H and O–H groups in total. The highest BCUT2D eigenvalue weighted by Gasteiger charge is 2.59. The number of hydrogen-bond donors (Lipinski definition) is 0. The number of ether oxygens (including phenoxy) is 1. The van der Waals surface area contributed by atoms with E-state index in [0.29, 0.717) is 23.5 Å². The maximum absolute atomic E-state index is 12.5. The zero-order valence-electron chi connectivity index (χ0n) is 18.4. The summed E-state index contributed by atoms with van der Waals surface area (Å²) in [6.07, 6.45) is 9.02. The minimum Gasteiger partial charge on any atom is -0.462 e. The molecular formula is C25H36O3. The van der Waals surface area contributed by atoms with Gasteiger partial charge in [0.2, 0.25) is 0 Å². The molecule has 0 saturated heterocycles. The molecule has 154 valence electrons. The molecule has 28 heavy (non-hydrogen) atoms. The lowest BCUT2D eigenvalue weighted by atomic mass is 9.46. The monoisotopic (exact) mass is 384 g/mol. The second kappa shape index (κ2) is 6.57. The van der Waals surface area contributed by atoms with E-state index in [-0.39, 0.29) is 28.8 Å². The molecule has 7 atom stereocenters. The minimum atomic E-state index is -0.157. The van der Waals surface area contributed by atoms with Crippen molar-refractivity contribution >= 4 is 11.8 Å². The summed E-state index contributed by atoms with van der Waals surface area (Å²) in [6, 6.07) is 0. The van der Waals surface area contributed by atoms with Crippen LogP contribution >= 0.6 is 0 Å². The highest BCUT2D eigenvalue weighted by atomic mass is 16.5. The van der Waals surface area contributed by atoms with Crippen LogP contribution < -0.4 is 0 Å². The molecule has 4 rings (SSSR count). The summed E-state index contributed by atoms with van der Waals surface area (Å²) in [5.74, 6) is 2.12. The van der Waals surface area contributed by atoms with Crippen LogP contribution in [0.3, 0.4) is 0 Å². The van der Waals surface area contributed by atoms with Crippen LogP contribution in [0, 0.1) is 34.5 Å². The predicted octanol–water partition coefficient (Wildman–Crippen LogP) is 5.64. The standard InChI is InChI=1S/C25H36O3/c1-14-11-19-20(24(5)9-7-18(13-21(14)24)28-17(4)27)8-10-25(6)22(19)12-15(2)23(25)16(3)26/h12,18-20,22-23H,7-11,13H2,1-6H3/t18?,19?,20?,22?,23?,24?,25-/m0/s1. The van der Waals surface area contributed by atoms with E-state index in [9.17, 15) is 9.59 Å². The molecule has 4 aliphatic rings. The van der Waals surface area contributed by atoms with Crippen molar-refractivity contribution < 1.29 is 14.3 Å². The Kier molecular flexibility index (Phi) is 4.67. The maximum Gasteiger partial charge on any atom is 0.302 e. The third kappa shape index (κ3) is 2.75. The SMILES string of the molecule is CC(=O)OC1CCC2(C)C(=C(C)CC3C2CC[C@]2(C)C(C(C)=O)C(C)=CC32)C1. The van der Waals surface area contributed by atoms with Crippen molar-refractivity contribution in [2.45, 2.75) is 86.2 Å². The number of esters is 1. The van der Waals surface area contributed by atoms with Gasteiger partial charge in [0.15, 0.2) is 0 Å². The third-order valence-corrected chi connectivity index (χ3v) is 9.01. The zero-order valence-corrected chi connectivity index (χ0v) is 18.4. The molecule has 0 aromatic heterocycles. The molecule has 0 aromatic rings. The molecule has 3 heteroatoms. The largest absolute Gasteiger partial charge is 0.462 e. The topological polar surface area (TPSA) is 43.4 Å². The molecule has 0 spiro atoms. The summed E-state index contributed by atoms with van der Waals surface area (Å²) >= 11 is 0. The van der Waals surface area contributed by atoms with Gasteiger partial charge in [-0.15, -0.1) is 0 Å². The third-order valence-electron chi connectivity index (χ3n) is 9.01. The first kappa shape index (κ1) is 19.9. The van der Waals surface area contributed by atoms with Crippen LogP contribution in [0.4, 0.5) is 0 Å². The van der Waals surface area contributed by atoms with Gasteiger partial charge in [-0.2, -0.15) is 0 Å². The first-order valence-electron chi connectivity index (χ1n) is 11.1. The van der Waals surface area contributed by atoms with Gasteiger partial charge in [0, 0.05) is 19.3 Å². The Balaban J connectivity index is 1.68. The molecule has 0 aliphatic heterocycles. The van der Waals surface area contributed by atoms with Crippen molar-refractivity contribution in [3.05, 3.63) is 22.8 Å². The molecule has 2 saturated carbocycles. The van der Waals surface area contributed by atoms with Gasteiger partial charge in [-0.3, -0.25) is 9.59 Å². The van der Waals surface area contributed by atoms with E-state index >= 15 is 0 Å². The Bertz CT molecular complexity index is 775. The van der Waals surface area contributed by atoms with Crippen LogP contribution in [0.2, 0.25) is 0 Å². The number of carbonyl (C=O) groups excluding carboxylic acids is 2. The highest BCUT2D eigenvalue weighted by Crippen LogP contribution is 2.66. The molecule has 0 bridgehead atoms. The molecule has 3 nitrogen and oxygen atoms in total. The molecule has 0 radical (unpaired) electrons. The van der Waals surface area contributed by atoms with E-state index in [2.05, 4.69) is 33.8 Å².